The summed E-state index contributed by atoms with van der Waals surface area (Å²) < 4.78 is 41.7. The number of benzene rings is 1. The van der Waals surface area contributed by atoms with Crippen molar-refractivity contribution in [2.45, 2.75) is 52.7 Å². The van der Waals surface area contributed by atoms with Crippen LogP contribution < -0.4 is 5.32 Å². The topological polar surface area (TPSA) is 90.9 Å². The minimum absolute atomic E-state index is 0.00802. The summed E-state index contributed by atoms with van der Waals surface area (Å²) in [5.41, 5.74) is -0.264. The fourth-order valence-corrected chi connectivity index (χ4v) is 4.06. The average Bonchev–Trinajstić information content (AvgIpc) is 2.52. The quantitative estimate of drug-likeness (QED) is 0.577. The molecule has 1 N–H and O–H groups in total. The molecule has 0 aliphatic heterocycles. The third-order valence-corrected chi connectivity index (χ3v) is 5.41. The molecule has 28 heavy (non-hydrogen) atoms. The first-order chi connectivity index (χ1) is 13.0. The molecule has 1 amide bonds. The Bertz CT molecular complexity index is 709. The third-order valence-electron chi connectivity index (χ3n) is 3.41. The highest BCUT2D eigenvalue weighted by molar-refractivity contribution is 7.54. The van der Waals surface area contributed by atoms with E-state index in [-0.39, 0.29) is 19.6 Å². The maximum Gasteiger partial charge on any atom is 0.408 e. The van der Waals surface area contributed by atoms with Crippen LogP contribution in [0.4, 0.5) is 9.18 Å². The Morgan fingerprint density at radius 2 is 1.79 bits per heavy atom. The van der Waals surface area contributed by atoms with Gasteiger partial charge in [-0.2, -0.15) is 0 Å². The number of Topliss-reactive ketones (excluding diaryl/α,β-unsaturated/α-hetero) is 1. The lowest BCUT2D eigenvalue weighted by molar-refractivity contribution is -0.119. The number of rotatable bonds is 10. The first kappa shape index (κ1) is 24.3. The molecule has 0 aliphatic carbocycles. The maximum atomic E-state index is 13.5. The van der Waals surface area contributed by atoms with E-state index in [4.69, 9.17) is 13.8 Å². The van der Waals surface area contributed by atoms with Crippen LogP contribution in [0.3, 0.4) is 0 Å². The number of nitrogens with one attached hydrogen (secondary N) is 1. The number of carbonyl (C=O) groups is 2. The fourth-order valence-electron chi connectivity index (χ4n) is 2.42. The van der Waals surface area contributed by atoms with Crippen LogP contribution in [0.1, 0.15) is 40.2 Å². The van der Waals surface area contributed by atoms with Gasteiger partial charge in [0.15, 0.2) is 5.78 Å². The molecule has 7 nitrogen and oxygen atoms in total. The van der Waals surface area contributed by atoms with Crippen molar-refractivity contribution in [2.24, 2.45) is 0 Å². The monoisotopic (exact) mass is 417 g/mol. The molecule has 1 aromatic rings. The lowest BCUT2D eigenvalue weighted by Crippen LogP contribution is -2.45. The van der Waals surface area contributed by atoms with Gasteiger partial charge in [0.2, 0.25) is 0 Å². The van der Waals surface area contributed by atoms with Crippen LogP contribution in [0.25, 0.3) is 0 Å². The zero-order chi connectivity index (χ0) is 21.4. The zero-order valence-electron chi connectivity index (χ0n) is 17.0. The van der Waals surface area contributed by atoms with Crippen LogP contribution in [0.2, 0.25) is 0 Å². The Labute approximate surface area is 165 Å². The highest BCUT2D eigenvalue weighted by Gasteiger charge is 2.33. The predicted molar refractivity (Wildman–Crippen MR) is 104 cm³/mol. The number of carbonyl (C=O) groups excluding carboxylic acids is 2. The molecule has 1 rings (SSSR count). The van der Waals surface area contributed by atoms with E-state index in [1.165, 1.54) is 18.2 Å². The summed E-state index contributed by atoms with van der Waals surface area (Å²) in [6, 6.07) is 4.60. The Kier molecular flexibility index (Phi) is 9.27. The summed E-state index contributed by atoms with van der Waals surface area (Å²) in [7, 11) is -3.64. The van der Waals surface area contributed by atoms with E-state index in [9.17, 15) is 18.5 Å². The van der Waals surface area contributed by atoms with E-state index in [1.54, 1.807) is 40.7 Å². The zero-order valence-corrected chi connectivity index (χ0v) is 17.9. The number of ketones is 1. The highest BCUT2D eigenvalue weighted by Crippen LogP contribution is 2.48. The second-order valence-electron chi connectivity index (χ2n) is 7.10. The number of alkyl carbamates (subject to hydrolysis) is 1. The van der Waals surface area contributed by atoms with Gasteiger partial charge in [-0.25, -0.2) is 9.18 Å². The minimum atomic E-state index is -3.64. The molecule has 158 valence electrons. The largest absolute Gasteiger partial charge is 0.444 e. The van der Waals surface area contributed by atoms with Crippen LogP contribution in [-0.2, 0) is 29.6 Å². The number of ether oxygens (including phenoxy) is 1. The molecule has 0 heterocycles. The van der Waals surface area contributed by atoms with Gasteiger partial charge in [0.25, 0.3) is 0 Å². The molecule has 9 heteroatoms. The van der Waals surface area contributed by atoms with Crippen molar-refractivity contribution in [3.63, 3.8) is 0 Å². The molecule has 0 aromatic heterocycles. The van der Waals surface area contributed by atoms with Gasteiger partial charge in [-0.05, 0) is 58.7 Å². The van der Waals surface area contributed by atoms with Crippen molar-refractivity contribution < 1.29 is 32.3 Å². The number of halogens is 1. The maximum absolute atomic E-state index is 13.5. The van der Waals surface area contributed by atoms with Gasteiger partial charge in [-0.1, -0.05) is 12.1 Å². The number of hydrogen-bond donors (Lipinski definition) is 1. The molecule has 0 aliphatic rings. The van der Waals surface area contributed by atoms with Gasteiger partial charge >= 0.3 is 13.7 Å². The van der Waals surface area contributed by atoms with Crippen molar-refractivity contribution in [3.05, 3.63) is 35.6 Å². The second kappa shape index (κ2) is 10.7. The van der Waals surface area contributed by atoms with Crippen molar-refractivity contribution in [3.8, 4) is 0 Å². The van der Waals surface area contributed by atoms with Crippen molar-refractivity contribution >= 4 is 19.5 Å². The molecule has 0 saturated heterocycles. The molecule has 0 spiro atoms. The van der Waals surface area contributed by atoms with Gasteiger partial charge in [-0.3, -0.25) is 9.36 Å². The lowest BCUT2D eigenvalue weighted by Gasteiger charge is -2.24. The third kappa shape index (κ3) is 8.95. The number of amides is 1. The SMILES string of the molecule is CCOP(=O)(CC(=O)C(Cc1cccc(F)c1)NC(=O)OC(C)(C)C)OCC. The van der Waals surface area contributed by atoms with E-state index < -0.39 is 43.1 Å². The fraction of sp³-hybridized carbons (Fsp3) is 0.579. The summed E-state index contributed by atoms with van der Waals surface area (Å²) in [4.78, 5) is 25.0. The first-order valence-corrected chi connectivity index (χ1v) is 10.9. The Morgan fingerprint density at radius 3 is 2.29 bits per heavy atom. The van der Waals surface area contributed by atoms with Gasteiger partial charge in [0.05, 0.1) is 19.3 Å². The Morgan fingerprint density at radius 1 is 1.18 bits per heavy atom. The molecule has 0 fully saturated rings. The normalized spacial score (nSPS) is 13.1. The van der Waals surface area contributed by atoms with Crippen molar-refractivity contribution in [1.29, 1.82) is 0 Å². The molecule has 0 bridgehead atoms. The van der Waals surface area contributed by atoms with E-state index in [0.29, 0.717) is 5.56 Å². The molecule has 0 radical (unpaired) electrons. The van der Waals surface area contributed by atoms with Crippen LogP contribution in [0, 0.1) is 5.82 Å². The smallest absolute Gasteiger partial charge is 0.408 e. The van der Waals surface area contributed by atoms with Gasteiger partial charge in [0, 0.05) is 0 Å². The summed E-state index contributed by atoms with van der Waals surface area (Å²) in [5.74, 6) is -1.02. The lowest BCUT2D eigenvalue weighted by atomic mass is 10.0. The summed E-state index contributed by atoms with van der Waals surface area (Å²) in [6.45, 7) is 8.56. The van der Waals surface area contributed by atoms with Crippen LogP contribution in [0.15, 0.2) is 24.3 Å². The average molecular weight is 417 g/mol. The van der Waals surface area contributed by atoms with E-state index in [1.807, 2.05) is 0 Å². The number of hydrogen-bond acceptors (Lipinski definition) is 6. The first-order valence-electron chi connectivity index (χ1n) is 9.13. The molecule has 1 aromatic carbocycles. The summed E-state index contributed by atoms with van der Waals surface area (Å²) in [6.07, 6.45) is -1.30. The van der Waals surface area contributed by atoms with Gasteiger partial charge < -0.3 is 19.1 Å². The van der Waals surface area contributed by atoms with Gasteiger partial charge in [0.1, 0.15) is 17.6 Å². The van der Waals surface area contributed by atoms with Crippen LogP contribution in [0.5, 0.6) is 0 Å². The summed E-state index contributed by atoms with van der Waals surface area (Å²) >= 11 is 0. The predicted octanol–water partition coefficient (Wildman–Crippen LogP) is 4.10. The Hall–Kier alpha value is -1.76. The van der Waals surface area contributed by atoms with E-state index in [2.05, 4.69) is 5.32 Å². The molecular weight excluding hydrogens is 388 g/mol. The van der Waals surface area contributed by atoms with Gasteiger partial charge in [-0.15, -0.1) is 0 Å². The van der Waals surface area contributed by atoms with E-state index in [0.717, 1.165) is 0 Å². The molecule has 1 unspecified atom stereocenters. The standard InChI is InChI=1S/C19H29FNO6P/c1-6-25-28(24,26-7-2)13-17(22)16(21-18(23)27-19(3,4)5)12-14-9-8-10-15(20)11-14/h8-11,16H,6-7,12-13H2,1-5H3,(H,21,23). The molecule has 1 atom stereocenters. The van der Waals surface area contributed by atoms with Crippen LogP contribution in [-0.4, -0.2) is 42.9 Å². The van der Waals surface area contributed by atoms with Crippen molar-refractivity contribution in [1.82, 2.24) is 5.32 Å². The van der Waals surface area contributed by atoms with E-state index >= 15 is 0 Å². The van der Waals surface area contributed by atoms with Crippen LogP contribution >= 0.6 is 7.60 Å². The molecule has 0 saturated carbocycles. The minimum Gasteiger partial charge on any atom is -0.444 e. The Balaban J connectivity index is 3.02. The molecular formula is C19H29FNO6P. The second-order valence-corrected chi connectivity index (χ2v) is 9.16. The highest BCUT2D eigenvalue weighted by atomic mass is 31.2. The summed E-state index contributed by atoms with van der Waals surface area (Å²) in [5, 5.41) is 2.48. The van der Waals surface area contributed by atoms with Crippen molar-refractivity contribution in [2.75, 3.05) is 19.4 Å².